The molecule has 3 aromatic heterocycles. The van der Waals surface area contributed by atoms with Crippen LogP contribution in [0.2, 0.25) is 0 Å². The molecule has 0 aliphatic carbocycles. The van der Waals surface area contributed by atoms with E-state index in [1.54, 1.807) is 12.4 Å². The number of amides is 3. The van der Waals surface area contributed by atoms with Crippen molar-refractivity contribution in [3.63, 3.8) is 0 Å². The highest BCUT2D eigenvalue weighted by molar-refractivity contribution is 5.94. The average molecular weight is 594 g/mol. The molecule has 3 saturated heterocycles. The third-order valence-electron chi connectivity index (χ3n) is 9.72. The number of aryl methyl sites for hydroxylation is 1. The van der Waals surface area contributed by atoms with Crippen molar-refractivity contribution in [3.8, 4) is 0 Å². The van der Waals surface area contributed by atoms with Crippen LogP contribution in [0, 0.1) is 6.92 Å². The van der Waals surface area contributed by atoms with E-state index in [-0.39, 0.29) is 22.9 Å². The summed E-state index contributed by atoms with van der Waals surface area (Å²) in [6.07, 6.45) is 11.9. The first-order valence-corrected chi connectivity index (χ1v) is 15.5. The van der Waals surface area contributed by atoms with Crippen molar-refractivity contribution in [2.75, 3.05) is 55.6 Å². The summed E-state index contributed by atoms with van der Waals surface area (Å²) in [5.74, 6) is 0.659. The predicted molar refractivity (Wildman–Crippen MR) is 169 cm³/mol. The molecular formula is C33H39N9O2. The molecule has 7 rings (SSSR count). The number of imidazole rings is 1. The van der Waals surface area contributed by atoms with Crippen molar-refractivity contribution in [1.29, 1.82) is 0 Å². The van der Waals surface area contributed by atoms with Crippen molar-refractivity contribution < 1.29 is 9.59 Å². The van der Waals surface area contributed by atoms with Gasteiger partial charge in [-0.3, -0.25) is 4.79 Å². The van der Waals surface area contributed by atoms with E-state index in [0.717, 1.165) is 68.2 Å². The van der Waals surface area contributed by atoms with E-state index in [1.807, 2.05) is 34.8 Å². The van der Waals surface area contributed by atoms with Gasteiger partial charge in [-0.1, -0.05) is 37.3 Å². The van der Waals surface area contributed by atoms with Crippen molar-refractivity contribution in [3.05, 3.63) is 84.2 Å². The molecule has 3 fully saturated rings. The van der Waals surface area contributed by atoms with Gasteiger partial charge in [-0.25, -0.2) is 19.7 Å². The van der Waals surface area contributed by atoms with Gasteiger partial charge in [0.15, 0.2) is 11.5 Å². The molecule has 0 radical (unpaired) electrons. The van der Waals surface area contributed by atoms with Crippen molar-refractivity contribution in [2.24, 2.45) is 0 Å². The fraction of sp³-hybridized carbons (Fsp3) is 0.424. The molecule has 1 aromatic carbocycles. The highest BCUT2D eigenvalue weighted by Gasteiger charge is 2.44. The molecule has 11 nitrogen and oxygen atoms in total. The largest absolute Gasteiger partial charge is 0.369 e. The minimum Gasteiger partial charge on any atom is -0.369 e. The summed E-state index contributed by atoms with van der Waals surface area (Å²) in [6.45, 7) is 9.13. The SMILES string of the molecule is Cc1cc(N2CCC(C)(c3ccccc3)C2)cnc1C(=O)NCCN1CC2(CCN(c3nccn4ccnc34)CC2)NC1=O. The van der Waals surface area contributed by atoms with Crippen LogP contribution in [-0.4, -0.2) is 87.5 Å². The summed E-state index contributed by atoms with van der Waals surface area (Å²) in [4.78, 5) is 45.9. The Hall–Kier alpha value is -4.67. The van der Waals surface area contributed by atoms with E-state index in [9.17, 15) is 9.59 Å². The molecule has 2 N–H and O–H groups in total. The lowest BCUT2D eigenvalue weighted by Crippen LogP contribution is -2.52. The van der Waals surface area contributed by atoms with E-state index in [1.165, 1.54) is 5.56 Å². The van der Waals surface area contributed by atoms with Gasteiger partial charge in [-0.15, -0.1) is 0 Å². The Balaban J connectivity index is 0.910. The monoisotopic (exact) mass is 593 g/mol. The fourth-order valence-electron chi connectivity index (χ4n) is 7.07. The maximum atomic E-state index is 13.1. The predicted octanol–water partition coefficient (Wildman–Crippen LogP) is 3.39. The third-order valence-corrected chi connectivity index (χ3v) is 9.72. The molecule has 1 unspecified atom stereocenters. The van der Waals surface area contributed by atoms with Gasteiger partial charge < -0.3 is 29.7 Å². The van der Waals surface area contributed by atoms with Crippen LogP contribution in [0.15, 0.2) is 67.4 Å². The van der Waals surface area contributed by atoms with Crippen LogP contribution in [0.4, 0.5) is 16.3 Å². The smallest absolute Gasteiger partial charge is 0.318 e. The Morgan fingerprint density at radius 2 is 1.73 bits per heavy atom. The molecule has 3 aliphatic heterocycles. The lowest BCUT2D eigenvalue weighted by atomic mass is 9.82. The Morgan fingerprint density at radius 1 is 0.977 bits per heavy atom. The normalized spacial score (nSPS) is 21.3. The molecule has 3 aliphatic rings. The fourth-order valence-corrected chi connectivity index (χ4v) is 7.07. The second-order valence-corrected chi connectivity index (χ2v) is 12.7. The number of pyridine rings is 1. The van der Waals surface area contributed by atoms with Crippen LogP contribution in [0.25, 0.3) is 5.65 Å². The quantitative estimate of drug-likeness (QED) is 0.338. The summed E-state index contributed by atoms with van der Waals surface area (Å²) in [6, 6.07) is 12.7. The number of carbonyl (C=O) groups is 2. The number of fused-ring (bicyclic) bond motifs is 1. The molecule has 3 amide bonds. The number of carbonyl (C=O) groups excluding carboxylic acids is 2. The van der Waals surface area contributed by atoms with E-state index in [2.05, 4.69) is 78.7 Å². The number of nitrogens with one attached hydrogen (secondary N) is 2. The van der Waals surface area contributed by atoms with Crippen LogP contribution < -0.4 is 20.4 Å². The first-order valence-electron chi connectivity index (χ1n) is 15.5. The van der Waals surface area contributed by atoms with Crippen molar-refractivity contribution in [2.45, 2.75) is 44.1 Å². The Labute approximate surface area is 257 Å². The number of hydrogen-bond acceptors (Lipinski definition) is 7. The number of anilines is 2. The number of benzene rings is 1. The minimum absolute atomic E-state index is 0.0760. The summed E-state index contributed by atoms with van der Waals surface area (Å²) in [7, 11) is 0. The Kier molecular flexibility index (Phi) is 7.10. The van der Waals surface area contributed by atoms with Gasteiger partial charge >= 0.3 is 6.03 Å². The summed E-state index contributed by atoms with van der Waals surface area (Å²) in [5.41, 5.74) is 4.34. The van der Waals surface area contributed by atoms with Crippen molar-refractivity contribution in [1.82, 2.24) is 34.9 Å². The Morgan fingerprint density at radius 3 is 2.50 bits per heavy atom. The lowest BCUT2D eigenvalue weighted by Gasteiger charge is -2.39. The van der Waals surface area contributed by atoms with Gasteiger partial charge in [0.25, 0.3) is 5.91 Å². The Bertz CT molecular complexity index is 1680. The molecule has 0 saturated carbocycles. The zero-order valence-corrected chi connectivity index (χ0v) is 25.4. The molecule has 228 valence electrons. The van der Waals surface area contributed by atoms with Gasteiger partial charge in [0.05, 0.1) is 17.4 Å². The summed E-state index contributed by atoms with van der Waals surface area (Å²) >= 11 is 0. The van der Waals surface area contributed by atoms with Gasteiger partial charge in [-0.05, 0) is 43.4 Å². The van der Waals surface area contributed by atoms with Gasteiger partial charge in [0.2, 0.25) is 0 Å². The summed E-state index contributed by atoms with van der Waals surface area (Å²) < 4.78 is 1.97. The minimum atomic E-state index is -0.266. The van der Waals surface area contributed by atoms with Crippen LogP contribution in [0.1, 0.15) is 47.8 Å². The second kappa shape index (κ2) is 11.1. The number of urea groups is 1. The van der Waals surface area contributed by atoms with Gasteiger partial charge in [-0.2, -0.15) is 0 Å². The van der Waals surface area contributed by atoms with Gasteiger partial charge in [0, 0.05) is 76.0 Å². The highest BCUT2D eigenvalue weighted by Crippen LogP contribution is 2.36. The van der Waals surface area contributed by atoms with Crippen LogP contribution in [0.5, 0.6) is 0 Å². The molecular weight excluding hydrogens is 554 g/mol. The first-order chi connectivity index (χ1) is 21.3. The number of nitrogens with zero attached hydrogens (tertiary/aromatic N) is 7. The molecule has 1 atom stereocenters. The zero-order valence-electron chi connectivity index (χ0n) is 25.4. The third kappa shape index (κ3) is 5.20. The summed E-state index contributed by atoms with van der Waals surface area (Å²) in [5, 5.41) is 6.22. The standard InChI is InChI=1S/C33H39N9O2/c1-24-20-26(41-14-8-32(2,22-41)25-6-4-3-5-7-25)21-37-27(24)30(43)36-13-19-42-23-33(38-31(42)44)9-15-39(16-10-33)28-29-35-12-18-40(29)17-11-34-28/h3-7,11-12,17-18,20-21H,8-10,13-16,19,22-23H2,1-2H3,(H,36,43)(H,38,44). The van der Waals surface area contributed by atoms with E-state index in [4.69, 9.17) is 0 Å². The molecule has 6 heterocycles. The second-order valence-electron chi connectivity index (χ2n) is 12.7. The first kappa shape index (κ1) is 28.1. The van der Waals surface area contributed by atoms with E-state index >= 15 is 0 Å². The van der Waals surface area contributed by atoms with E-state index in [0.29, 0.717) is 25.3 Å². The van der Waals surface area contributed by atoms with Crippen LogP contribution in [-0.2, 0) is 5.41 Å². The zero-order chi connectivity index (χ0) is 30.3. The maximum Gasteiger partial charge on any atom is 0.318 e. The molecule has 0 bridgehead atoms. The van der Waals surface area contributed by atoms with Gasteiger partial charge in [0.1, 0.15) is 5.69 Å². The molecule has 1 spiro atoms. The number of piperidine rings is 1. The maximum absolute atomic E-state index is 13.1. The van der Waals surface area contributed by atoms with E-state index < -0.39 is 0 Å². The number of aromatic nitrogens is 4. The number of rotatable bonds is 7. The lowest BCUT2D eigenvalue weighted by molar-refractivity contribution is 0.0944. The highest BCUT2D eigenvalue weighted by atomic mass is 16.2. The topological polar surface area (TPSA) is 111 Å². The van der Waals surface area contributed by atoms with Crippen LogP contribution in [0.3, 0.4) is 0 Å². The molecule has 4 aromatic rings. The molecule has 44 heavy (non-hydrogen) atoms. The molecule has 11 heteroatoms. The average Bonchev–Trinajstić information content (AvgIpc) is 3.76. The van der Waals surface area contributed by atoms with Crippen LogP contribution >= 0.6 is 0 Å². The van der Waals surface area contributed by atoms with Crippen molar-refractivity contribution >= 4 is 29.1 Å². The number of hydrogen-bond donors (Lipinski definition) is 2.